The number of aromatic amines is 1. The molecular formula is C12H12Cl2N4S. The Morgan fingerprint density at radius 1 is 1.37 bits per heavy atom. The Morgan fingerprint density at radius 2 is 2.11 bits per heavy atom. The van der Waals surface area contributed by atoms with Gasteiger partial charge in [0.15, 0.2) is 5.82 Å². The number of halogens is 2. The van der Waals surface area contributed by atoms with E-state index >= 15 is 0 Å². The fraction of sp³-hybridized carbons (Fsp3) is 0.250. The van der Waals surface area contributed by atoms with Crippen LogP contribution in [-0.4, -0.2) is 21.1 Å². The monoisotopic (exact) mass is 314 g/mol. The molecule has 0 saturated carbocycles. The van der Waals surface area contributed by atoms with Gasteiger partial charge in [-0.3, -0.25) is 5.10 Å². The summed E-state index contributed by atoms with van der Waals surface area (Å²) in [4.78, 5) is 0. The molecule has 0 aliphatic rings. The predicted octanol–water partition coefficient (Wildman–Crippen LogP) is 4.25. The van der Waals surface area contributed by atoms with E-state index < -0.39 is 0 Å². The summed E-state index contributed by atoms with van der Waals surface area (Å²) in [5, 5.41) is 12.2. The van der Waals surface area contributed by atoms with E-state index in [9.17, 15) is 0 Å². The molecule has 100 valence electrons. The highest BCUT2D eigenvalue weighted by atomic mass is 35.5. The molecule has 19 heavy (non-hydrogen) atoms. The van der Waals surface area contributed by atoms with E-state index in [0.717, 1.165) is 11.4 Å². The van der Waals surface area contributed by atoms with Gasteiger partial charge in [0.05, 0.1) is 16.3 Å². The molecule has 0 unspecified atom stereocenters. The van der Waals surface area contributed by atoms with Crippen molar-refractivity contribution in [2.45, 2.75) is 19.8 Å². The maximum absolute atomic E-state index is 5.95. The molecule has 0 amide bonds. The topological polar surface area (TPSA) is 46.0 Å². The first-order valence-electron chi connectivity index (χ1n) is 5.65. The predicted molar refractivity (Wildman–Crippen MR) is 81.0 cm³/mol. The highest BCUT2D eigenvalue weighted by Gasteiger charge is 2.08. The van der Waals surface area contributed by atoms with Crippen molar-refractivity contribution in [3.63, 3.8) is 0 Å². The van der Waals surface area contributed by atoms with Crippen molar-refractivity contribution in [1.82, 2.24) is 14.9 Å². The number of hydrogen-bond acceptors (Lipinski definition) is 3. The first kappa shape index (κ1) is 14.2. The lowest BCUT2D eigenvalue weighted by Gasteiger charge is -2.03. The van der Waals surface area contributed by atoms with E-state index in [1.54, 1.807) is 23.0 Å². The lowest BCUT2D eigenvalue weighted by molar-refractivity contribution is 0.695. The van der Waals surface area contributed by atoms with Gasteiger partial charge in [-0.1, -0.05) is 43.1 Å². The van der Waals surface area contributed by atoms with Crippen LogP contribution in [-0.2, 0) is 0 Å². The smallest absolute Gasteiger partial charge is 0.216 e. The second-order valence-electron chi connectivity index (χ2n) is 4.27. The quantitative estimate of drug-likeness (QED) is 0.680. The number of nitrogens with one attached hydrogen (secondary N) is 1. The van der Waals surface area contributed by atoms with Crippen LogP contribution < -0.4 is 0 Å². The van der Waals surface area contributed by atoms with Crippen LogP contribution >= 0.6 is 35.4 Å². The van der Waals surface area contributed by atoms with Gasteiger partial charge < -0.3 is 0 Å². The van der Waals surface area contributed by atoms with E-state index in [0.29, 0.717) is 14.8 Å². The van der Waals surface area contributed by atoms with Crippen LogP contribution in [0.5, 0.6) is 0 Å². The first-order chi connectivity index (χ1) is 8.99. The highest BCUT2D eigenvalue weighted by molar-refractivity contribution is 7.71. The van der Waals surface area contributed by atoms with Crippen LogP contribution in [0.15, 0.2) is 23.3 Å². The SMILES string of the molecule is CC(C)c1n[nH]c(=S)n1/N=C/c1ccc(Cl)c(Cl)c1. The van der Waals surface area contributed by atoms with Gasteiger partial charge in [-0.25, -0.2) is 0 Å². The van der Waals surface area contributed by atoms with Gasteiger partial charge in [-0.05, 0) is 29.9 Å². The van der Waals surface area contributed by atoms with Crippen LogP contribution in [0, 0.1) is 4.77 Å². The van der Waals surface area contributed by atoms with E-state index in [-0.39, 0.29) is 5.92 Å². The Kier molecular flexibility index (Phi) is 4.39. The van der Waals surface area contributed by atoms with Gasteiger partial charge >= 0.3 is 0 Å². The number of rotatable bonds is 3. The standard InChI is InChI=1S/C12H12Cl2N4S/c1-7(2)11-16-17-12(19)18(11)15-6-8-3-4-9(13)10(14)5-8/h3-7H,1-2H3,(H,17,19)/b15-6+. The summed E-state index contributed by atoms with van der Waals surface area (Å²) in [7, 11) is 0. The largest absolute Gasteiger partial charge is 0.250 e. The molecule has 0 aliphatic carbocycles. The zero-order chi connectivity index (χ0) is 14.0. The summed E-state index contributed by atoms with van der Waals surface area (Å²) < 4.78 is 2.06. The number of benzene rings is 1. The number of hydrogen-bond donors (Lipinski definition) is 1. The molecule has 1 N–H and O–H groups in total. The van der Waals surface area contributed by atoms with E-state index in [1.807, 2.05) is 19.9 Å². The van der Waals surface area contributed by atoms with Crippen molar-refractivity contribution >= 4 is 41.6 Å². The summed E-state index contributed by atoms with van der Waals surface area (Å²) in [5.41, 5.74) is 0.840. The first-order valence-corrected chi connectivity index (χ1v) is 6.82. The fourth-order valence-electron chi connectivity index (χ4n) is 1.51. The lowest BCUT2D eigenvalue weighted by atomic mass is 10.2. The fourth-order valence-corrected chi connectivity index (χ4v) is 2.00. The number of H-pyrrole nitrogens is 1. The number of aromatic nitrogens is 3. The second-order valence-corrected chi connectivity index (χ2v) is 5.47. The highest BCUT2D eigenvalue weighted by Crippen LogP contribution is 2.22. The molecule has 0 aliphatic heterocycles. The van der Waals surface area contributed by atoms with Gasteiger partial charge in [0.25, 0.3) is 0 Å². The molecule has 0 fully saturated rings. The van der Waals surface area contributed by atoms with Crippen LogP contribution in [0.25, 0.3) is 0 Å². The molecule has 1 aromatic carbocycles. The van der Waals surface area contributed by atoms with E-state index in [2.05, 4.69) is 15.3 Å². The maximum Gasteiger partial charge on any atom is 0.216 e. The molecule has 0 spiro atoms. The van der Waals surface area contributed by atoms with Gasteiger partial charge in [-0.15, -0.1) is 0 Å². The minimum absolute atomic E-state index is 0.221. The Bertz CT molecular complexity index is 673. The van der Waals surface area contributed by atoms with E-state index in [1.165, 1.54) is 0 Å². The third-order valence-electron chi connectivity index (χ3n) is 2.46. The van der Waals surface area contributed by atoms with E-state index in [4.69, 9.17) is 35.4 Å². The van der Waals surface area contributed by atoms with Crippen LogP contribution in [0.2, 0.25) is 10.0 Å². The molecular weight excluding hydrogens is 303 g/mol. The molecule has 0 radical (unpaired) electrons. The van der Waals surface area contributed by atoms with Crippen LogP contribution in [0.3, 0.4) is 0 Å². The summed E-state index contributed by atoms with van der Waals surface area (Å²) in [6.45, 7) is 4.05. The summed E-state index contributed by atoms with van der Waals surface area (Å²) >= 11 is 16.9. The summed E-state index contributed by atoms with van der Waals surface area (Å²) in [6.07, 6.45) is 1.67. The molecule has 4 nitrogen and oxygen atoms in total. The van der Waals surface area contributed by atoms with Gasteiger partial charge in [-0.2, -0.15) is 14.9 Å². The van der Waals surface area contributed by atoms with Crippen molar-refractivity contribution in [3.8, 4) is 0 Å². The summed E-state index contributed by atoms with van der Waals surface area (Å²) in [5.74, 6) is 1.00. The second kappa shape index (κ2) is 5.86. The third-order valence-corrected chi connectivity index (χ3v) is 3.46. The molecule has 0 saturated heterocycles. The van der Waals surface area contributed by atoms with Gasteiger partial charge in [0.2, 0.25) is 4.77 Å². The average molecular weight is 315 g/mol. The third kappa shape index (κ3) is 3.23. The Hall–Kier alpha value is -1.17. The lowest BCUT2D eigenvalue weighted by Crippen LogP contribution is -2.00. The maximum atomic E-state index is 5.95. The van der Waals surface area contributed by atoms with Crippen molar-refractivity contribution in [1.29, 1.82) is 0 Å². The Morgan fingerprint density at radius 3 is 2.74 bits per heavy atom. The zero-order valence-electron chi connectivity index (χ0n) is 10.4. The Labute approximate surface area is 126 Å². The number of nitrogens with zero attached hydrogens (tertiary/aromatic N) is 3. The molecule has 1 aromatic heterocycles. The minimum atomic E-state index is 0.221. The minimum Gasteiger partial charge on any atom is -0.250 e. The van der Waals surface area contributed by atoms with Crippen molar-refractivity contribution in [2.24, 2.45) is 5.10 Å². The van der Waals surface area contributed by atoms with Crippen molar-refractivity contribution < 1.29 is 0 Å². The van der Waals surface area contributed by atoms with Gasteiger partial charge in [0.1, 0.15) is 0 Å². The van der Waals surface area contributed by atoms with Crippen LogP contribution in [0.1, 0.15) is 31.2 Å². The normalized spacial score (nSPS) is 11.6. The molecule has 7 heteroatoms. The average Bonchev–Trinajstić information content (AvgIpc) is 2.72. The van der Waals surface area contributed by atoms with Crippen molar-refractivity contribution in [3.05, 3.63) is 44.4 Å². The molecule has 1 heterocycles. The molecule has 2 rings (SSSR count). The summed E-state index contributed by atoms with van der Waals surface area (Å²) in [6, 6.07) is 5.30. The molecule has 0 bridgehead atoms. The Balaban J connectivity index is 2.35. The van der Waals surface area contributed by atoms with Crippen molar-refractivity contribution in [2.75, 3.05) is 0 Å². The van der Waals surface area contributed by atoms with Gasteiger partial charge in [0, 0.05) is 5.92 Å². The molecule has 2 aromatic rings. The van der Waals surface area contributed by atoms with Crippen LogP contribution in [0.4, 0.5) is 0 Å². The zero-order valence-corrected chi connectivity index (χ0v) is 12.7. The molecule has 0 atom stereocenters.